The number of nitrogens with zero attached hydrogens (tertiary/aromatic N) is 1. The quantitative estimate of drug-likeness (QED) is 0.759. The van der Waals surface area contributed by atoms with Gasteiger partial charge in [0, 0.05) is 17.4 Å². The third kappa shape index (κ3) is 4.08. The Labute approximate surface area is 127 Å². The standard InChI is InChI=1S/C15H17N3O4/c1-9(2)12-7-13(18-17-12)15(21)16-10-4-3-5-11(6-10)22-8-14(19)20/h3-7,9H,8H2,1-2H3,(H,16,21)(H,17,18)(H,19,20). The number of carboxylic acids is 1. The molecule has 1 aromatic carbocycles. The van der Waals surface area contributed by atoms with Crippen molar-refractivity contribution in [3.05, 3.63) is 41.7 Å². The fourth-order valence-electron chi connectivity index (χ4n) is 1.75. The first-order valence-corrected chi connectivity index (χ1v) is 6.77. The molecule has 3 N–H and O–H groups in total. The van der Waals surface area contributed by atoms with Gasteiger partial charge in [0.1, 0.15) is 5.75 Å². The van der Waals surface area contributed by atoms with Crippen LogP contribution in [-0.4, -0.2) is 33.8 Å². The minimum absolute atomic E-state index is 0.252. The molecule has 0 bridgehead atoms. The lowest BCUT2D eigenvalue weighted by Gasteiger charge is -2.06. The number of amides is 1. The number of nitrogens with one attached hydrogen (secondary N) is 2. The molecule has 0 aliphatic heterocycles. The van der Waals surface area contributed by atoms with Gasteiger partial charge in [-0.05, 0) is 24.1 Å². The number of ether oxygens (including phenoxy) is 1. The second kappa shape index (κ2) is 6.75. The van der Waals surface area contributed by atoms with Gasteiger partial charge in [-0.3, -0.25) is 9.89 Å². The first-order valence-electron chi connectivity index (χ1n) is 6.77. The predicted octanol–water partition coefficient (Wildman–Crippen LogP) is 2.25. The Balaban J connectivity index is 2.04. The monoisotopic (exact) mass is 303 g/mol. The lowest BCUT2D eigenvalue weighted by atomic mass is 10.1. The van der Waals surface area contributed by atoms with Crippen LogP contribution in [0.1, 0.15) is 35.9 Å². The Kier molecular flexibility index (Phi) is 4.77. The number of carbonyl (C=O) groups is 2. The number of carboxylic acid groups (broad SMARTS) is 1. The molecule has 1 heterocycles. The average molecular weight is 303 g/mol. The van der Waals surface area contributed by atoms with Crippen LogP contribution in [0.3, 0.4) is 0 Å². The van der Waals surface area contributed by atoms with Crippen LogP contribution < -0.4 is 10.1 Å². The highest BCUT2D eigenvalue weighted by Gasteiger charge is 2.12. The van der Waals surface area contributed by atoms with E-state index < -0.39 is 12.6 Å². The lowest BCUT2D eigenvalue weighted by molar-refractivity contribution is -0.139. The number of benzene rings is 1. The molecule has 0 aliphatic rings. The van der Waals surface area contributed by atoms with Crippen LogP contribution in [-0.2, 0) is 4.79 Å². The Bertz CT molecular complexity index is 679. The van der Waals surface area contributed by atoms with E-state index in [1.54, 1.807) is 30.3 Å². The number of hydrogen-bond acceptors (Lipinski definition) is 4. The number of aromatic nitrogens is 2. The summed E-state index contributed by atoms with van der Waals surface area (Å²) in [5, 5.41) is 18.1. The molecule has 0 unspecified atom stereocenters. The molecular weight excluding hydrogens is 286 g/mol. The summed E-state index contributed by atoms with van der Waals surface area (Å²) in [7, 11) is 0. The highest BCUT2D eigenvalue weighted by atomic mass is 16.5. The van der Waals surface area contributed by atoms with Gasteiger partial charge in [-0.1, -0.05) is 19.9 Å². The zero-order valence-corrected chi connectivity index (χ0v) is 12.3. The normalized spacial score (nSPS) is 10.5. The molecule has 0 aliphatic carbocycles. The van der Waals surface area contributed by atoms with E-state index in [4.69, 9.17) is 9.84 Å². The maximum atomic E-state index is 12.1. The van der Waals surface area contributed by atoms with Crippen molar-refractivity contribution in [2.24, 2.45) is 0 Å². The average Bonchev–Trinajstić information content (AvgIpc) is 2.95. The summed E-state index contributed by atoms with van der Waals surface area (Å²) in [5.74, 6) is -0.794. The zero-order valence-electron chi connectivity index (χ0n) is 12.3. The Morgan fingerprint density at radius 2 is 2.14 bits per heavy atom. The van der Waals surface area contributed by atoms with Crippen molar-refractivity contribution in [2.75, 3.05) is 11.9 Å². The molecule has 0 saturated heterocycles. The largest absolute Gasteiger partial charge is 0.482 e. The van der Waals surface area contributed by atoms with Crippen molar-refractivity contribution in [1.82, 2.24) is 10.2 Å². The Morgan fingerprint density at radius 1 is 1.36 bits per heavy atom. The molecule has 7 nitrogen and oxygen atoms in total. The summed E-state index contributed by atoms with van der Waals surface area (Å²) in [5.41, 5.74) is 1.67. The fraction of sp³-hybridized carbons (Fsp3) is 0.267. The van der Waals surface area contributed by atoms with E-state index in [1.165, 1.54) is 0 Å². The van der Waals surface area contributed by atoms with Gasteiger partial charge >= 0.3 is 5.97 Å². The first-order chi connectivity index (χ1) is 10.5. The Morgan fingerprint density at radius 3 is 2.77 bits per heavy atom. The molecule has 1 amide bonds. The summed E-state index contributed by atoms with van der Waals surface area (Å²) in [6, 6.07) is 8.21. The highest BCUT2D eigenvalue weighted by molar-refractivity contribution is 6.03. The molecule has 22 heavy (non-hydrogen) atoms. The van der Waals surface area contributed by atoms with Crippen LogP contribution in [0.15, 0.2) is 30.3 Å². The van der Waals surface area contributed by atoms with Crippen LogP contribution in [0.25, 0.3) is 0 Å². The summed E-state index contributed by atoms with van der Waals surface area (Å²) < 4.78 is 5.06. The van der Waals surface area contributed by atoms with E-state index in [2.05, 4.69) is 15.5 Å². The molecule has 7 heteroatoms. The van der Waals surface area contributed by atoms with Gasteiger partial charge in [-0.2, -0.15) is 5.10 Å². The first kappa shape index (κ1) is 15.6. The second-order valence-electron chi connectivity index (χ2n) is 5.03. The summed E-state index contributed by atoms with van der Waals surface area (Å²) in [4.78, 5) is 22.6. The summed E-state index contributed by atoms with van der Waals surface area (Å²) >= 11 is 0. The van der Waals surface area contributed by atoms with Crippen molar-refractivity contribution in [1.29, 1.82) is 0 Å². The van der Waals surface area contributed by atoms with Crippen LogP contribution in [0.4, 0.5) is 5.69 Å². The van der Waals surface area contributed by atoms with E-state index in [1.807, 2.05) is 13.8 Å². The molecule has 2 rings (SSSR count). The molecule has 1 aromatic heterocycles. The second-order valence-corrected chi connectivity index (χ2v) is 5.03. The van der Waals surface area contributed by atoms with Gasteiger partial charge in [0.15, 0.2) is 12.3 Å². The Hall–Kier alpha value is -2.83. The van der Waals surface area contributed by atoms with Gasteiger partial charge in [0.05, 0.1) is 0 Å². The van der Waals surface area contributed by atoms with E-state index in [9.17, 15) is 9.59 Å². The van der Waals surface area contributed by atoms with E-state index in [-0.39, 0.29) is 11.8 Å². The molecule has 0 spiro atoms. The molecule has 2 aromatic rings. The zero-order chi connectivity index (χ0) is 16.1. The van der Waals surface area contributed by atoms with Crippen molar-refractivity contribution >= 4 is 17.6 Å². The van der Waals surface area contributed by atoms with E-state index in [0.717, 1.165) is 5.69 Å². The minimum atomic E-state index is -1.06. The number of aromatic amines is 1. The maximum absolute atomic E-state index is 12.1. The van der Waals surface area contributed by atoms with Gasteiger partial charge in [0.2, 0.25) is 0 Å². The maximum Gasteiger partial charge on any atom is 0.341 e. The van der Waals surface area contributed by atoms with Gasteiger partial charge in [-0.15, -0.1) is 0 Å². The summed E-state index contributed by atoms with van der Waals surface area (Å²) in [6.45, 7) is 3.56. The van der Waals surface area contributed by atoms with E-state index in [0.29, 0.717) is 17.1 Å². The smallest absolute Gasteiger partial charge is 0.341 e. The third-order valence-electron chi connectivity index (χ3n) is 2.91. The van der Waals surface area contributed by atoms with Crippen molar-refractivity contribution in [3.63, 3.8) is 0 Å². The molecule has 0 atom stereocenters. The fourth-order valence-corrected chi connectivity index (χ4v) is 1.75. The highest BCUT2D eigenvalue weighted by Crippen LogP contribution is 2.18. The summed E-state index contributed by atoms with van der Waals surface area (Å²) in [6.07, 6.45) is 0. The SMILES string of the molecule is CC(C)c1cc(C(=O)Nc2cccc(OCC(=O)O)c2)n[nH]1. The number of aliphatic carboxylic acids is 1. The van der Waals surface area contributed by atoms with E-state index >= 15 is 0 Å². The van der Waals surface area contributed by atoms with Crippen molar-refractivity contribution in [3.8, 4) is 5.75 Å². The number of rotatable bonds is 6. The van der Waals surface area contributed by atoms with Gasteiger partial charge in [-0.25, -0.2) is 4.79 Å². The molecule has 0 saturated carbocycles. The lowest BCUT2D eigenvalue weighted by Crippen LogP contribution is -2.13. The number of carbonyl (C=O) groups excluding carboxylic acids is 1. The molecule has 116 valence electrons. The van der Waals surface area contributed by atoms with Crippen LogP contribution in [0, 0.1) is 0 Å². The number of H-pyrrole nitrogens is 1. The molecular formula is C15H17N3O4. The molecule has 0 fully saturated rings. The van der Waals surface area contributed by atoms with Crippen LogP contribution in [0.5, 0.6) is 5.75 Å². The van der Waals surface area contributed by atoms with Crippen molar-refractivity contribution < 1.29 is 19.4 Å². The number of anilines is 1. The third-order valence-corrected chi connectivity index (χ3v) is 2.91. The predicted molar refractivity (Wildman–Crippen MR) is 80.2 cm³/mol. The van der Waals surface area contributed by atoms with Crippen molar-refractivity contribution in [2.45, 2.75) is 19.8 Å². The number of hydrogen-bond donors (Lipinski definition) is 3. The van der Waals surface area contributed by atoms with Crippen LogP contribution in [0.2, 0.25) is 0 Å². The van der Waals surface area contributed by atoms with Gasteiger partial charge in [0.25, 0.3) is 5.91 Å². The molecule has 0 radical (unpaired) electrons. The minimum Gasteiger partial charge on any atom is -0.482 e. The van der Waals surface area contributed by atoms with Crippen LogP contribution >= 0.6 is 0 Å². The van der Waals surface area contributed by atoms with Gasteiger partial charge < -0.3 is 15.2 Å². The topological polar surface area (TPSA) is 104 Å².